The van der Waals surface area contributed by atoms with Crippen LogP contribution in [0.15, 0.2) is 67.3 Å². The Morgan fingerprint density at radius 2 is 1.92 bits per heavy atom. The summed E-state index contributed by atoms with van der Waals surface area (Å²) in [6.07, 6.45) is 1.30. The van der Waals surface area contributed by atoms with E-state index in [4.69, 9.17) is 4.74 Å². The van der Waals surface area contributed by atoms with Crippen molar-refractivity contribution in [2.24, 2.45) is 0 Å². The largest absolute Gasteiger partial charge is 0.497 e. The van der Waals surface area contributed by atoms with Crippen molar-refractivity contribution in [3.05, 3.63) is 78.4 Å². The van der Waals surface area contributed by atoms with Crippen LogP contribution in [0.4, 0.5) is 0 Å². The molecule has 126 valence electrons. The number of carbonyl (C=O) groups excluding carboxylic acids is 1. The zero-order chi connectivity index (χ0) is 17.4. The zero-order valence-electron chi connectivity index (χ0n) is 13.8. The van der Waals surface area contributed by atoms with Crippen molar-refractivity contribution >= 4 is 5.91 Å². The molecular formula is C20H23NO3. The van der Waals surface area contributed by atoms with Crippen LogP contribution >= 0.6 is 0 Å². The molecule has 24 heavy (non-hydrogen) atoms. The second-order valence-corrected chi connectivity index (χ2v) is 5.55. The van der Waals surface area contributed by atoms with Gasteiger partial charge < -0.3 is 15.2 Å². The van der Waals surface area contributed by atoms with Crippen molar-refractivity contribution in [1.29, 1.82) is 0 Å². The number of hydrogen-bond donors (Lipinski definition) is 2. The number of aliphatic hydroxyl groups is 1. The summed E-state index contributed by atoms with van der Waals surface area (Å²) < 4.78 is 5.14. The maximum absolute atomic E-state index is 12.1. The zero-order valence-corrected chi connectivity index (χ0v) is 13.8. The molecule has 0 aliphatic heterocycles. The molecule has 0 aliphatic rings. The molecule has 0 spiro atoms. The Labute approximate surface area is 142 Å². The van der Waals surface area contributed by atoms with E-state index in [1.54, 1.807) is 25.3 Å². The smallest absolute Gasteiger partial charge is 0.221 e. The van der Waals surface area contributed by atoms with Crippen LogP contribution in [0, 0.1) is 0 Å². The number of allylic oxidation sites excluding steroid dienone is 1. The number of amides is 1. The fourth-order valence-electron chi connectivity index (χ4n) is 2.49. The summed E-state index contributed by atoms with van der Waals surface area (Å²) in [5.41, 5.74) is 1.76. The van der Waals surface area contributed by atoms with Crippen molar-refractivity contribution in [3.63, 3.8) is 0 Å². The van der Waals surface area contributed by atoms with Gasteiger partial charge in [0.25, 0.3) is 0 Å². The molecule has 0 fully saturated rings. The van der Waals surface area contributed by atoms with Crippen molar-refractivity contribution in [2.45, 2.75) is 18.4 Å². The summed E-state index contributed by atoms with van der Waals surface area (Å²) in [5.74, 6) is 0.513. The second-order valence-electron chi connectivity index (χ2n) is 5.55. The van der Waals surface area contributed by atoms with E-state index in [0.29, 0.717) is 17.7 Å². The first kappa shape index (κ1) is 17.8. The lowest BCUT2D eigenvalue weighted by Crippen LogP contribution is -2.29. The molecule has 0 saturated carbocycles. The Kier molecular flexibility index (Phi) is 6.58. The lowest BCUT2D eigenvalue weighted by molar-refractivity contribution is -0.121. The third-order valence-electron chi connectivity index (χ3n) is 3.89. The molecular weight excluding hydrogens is 302 g/mol. The van der Waals surface area contributed by atoms with Gasteiger partial charge in [-0.05, 0) is 23.3 Å². The molecule has 4 nitrogen and oxygen atoms in total. The van der Waals surface area contributed by atoms with Gasteiger partial charge >= 0.3 is 0 Å². The Bertz CT molecular complexity index is 670. The van der Waals surface area contributed by atoms with Gasteiger partial charge in [0.15, 0.2) is 0 Å². The maximum atomic E-state index is 12.1. The molecule has 0 aliphatic carbocycles. The third kappa shape index (κ3) is 4.96. The molecule has 0 radical (unpaired) electrons. The number of benzene rings is 2. The SMILES string of the molecule is C=CC(CC(=O)NCC(O)c1cccc(OC)c1)c1ccccc1. The minimum Gasteiger partial charge on any atom is -0.497 e. The summed E-state index contributed by atoms with van der Waals surface area (Å²) in [6.45, 7) is 3.97. The Hall–Kier alpha value is -2.59. The van der Waals surface area contributed by atoms with E-state index in [2.05, 4.69) is 11.9 Å². The lowest BCUT2D eigenvalue weighted by atomic mass is 9.95. The van der Waals surface area contributed by atoms with Gasteiger partial charge in [-0.15, -0.1) is 6.58 Å². The first-order valence-electron chi connectivity index (χ1n) is 7.90. The maximum Gasteiger partial charge on any atom is 0.221 e. The van der Waals surface area contributed by atoms with Gasteiger partial charge in [-0.25, -0.2) is 0 Å². The molecule has 0 bridgehead atoms. The van der Waals surface area contributed by atoms with Gasteiger partial charge in [-0.1, -0.05) is 48.5 Å². The van der Waals surface area contributed by atoms with Gasteiger partial charge in [-0.2, -0.15) is 0 Å². The number of carbonyl (C=O) groups is 1. The molecule has 1 amide bonds. The minimum absolute atomic E-state index is 0.0415. The van der Waals surface area contributed by atoms with E-state index in [9.17, 15) is 9.90 Å². The van der Waals surface area contributed by atoms with Gasteiger partial charge in [0.05, 0.1) is 13.2 Å². The predicted molar refractivity (Wildman–Crippen MR) is 95.0 cm³/mol. The van der Waals surface area contributed by atoms with Crippen molar-refractivity contribution in [3.8, 4) is 5.75 Å². The Morgan fingerprint density at radius 3 is 2.58 bits per heavy atom. The van der Waals surface area contributed by atoms with E-state index < -0.39 is 6.10 Å². The lowest BCUT2D eigenvalue weighted by Gasteiger charge is -2.16. The topological polar surface area (TPSA) is 58.6 Å². The van der Waals surface area contributed by atoms with E-state index in [-0.39, 0.29) is 18.4 Å². The minimum atomic E-state index is -0.775. The Balaban J connectivity index is 1.89. The van der Waals surface area contributed by atoms with Crippen LogP contribution in [0.1, 0.15) is 29.6 Å². The number of rotatable bonds is 8. The third-order valence-corrected chi connectivity index (χ3v) is 3.89. The summed E-state index contributed by atoms with van der Waals surface area (Å²) >= 11 is 0. The predicted octanol–water partition coefficient (Wildman–Crippen LogP) is 3.20. The van der Waals surface area contributed by atoms with Crippen LogP contribution in [0.2, 0.25) is 0 Å². The van der Waals surface area contributed by atoms with Crippen LogP contribution in [0.5, 0.6) is 5.75 Å². The molecule has 2 rings (SSSR count). The molecule has 4 heteroatoms. The average Bonchev–Trinajstić information content (AvgIpc) is 2.64. The molecule has 2 N–H and O–H groups in total. The first-order valence-corrected chi connectivity index (χ1v) is 7.90. The molecule has 2 aromatic carbocycles. The fraction of sp³-hybridized carbons (Fsp3) is 0.250. The number of ether oxygens (including phenoxy) is 1. The van der Waals surface area contributed by atoms with Gasteiger partial charge in [0.1, 0.15) is 5.75 Å². The number of nitrogens with one attached hydrogen (secondary N) is 1. The molecule has 0 saturated heterocycles. The van der Waals surface area contributed by atoms with Crippen LogP contribution in [0.3, 0.4) is 0 Å². The van der Waals surface area contributed by atoms with Crippen molar-refractivity contribution < 1.29 is 14.6 Å². The number of methoxy groups -OCH3 is 1. The van der Waals surface area contributed by atoms with Crippen molar-refractivity contribution in [2.75, 3.05) is 13.7 Å². The van der Waals surface area contributed by atoms with E-state index in [1.807, 2.05) is 42.5 Å². The average molecular weight is 325 g/mol. The van der Waals surface area contributed by atoms with E-state index in [1.165, 1.54) is 0 Å². The van der Waals surface area contributed by atoms with Crippen molar-refractivity contribution in [1.82, 2.24) is 5.32 Å². The molecule has 0 heterocycles. The summed E-state index contributed by atoms with van der Waals surface area (Å²) in [4.78, 5) is 12.1. The summed E-state index contributed by atoms with van der Waals surface area (Å²) in [6, 6.07) is 16.9. The van der Waals surface area contributed by atoms with Crippen LogP contribution in [-0.2, 0) is 4.79 Å². The first-order chi connectivity index (χ1) is 11.6. The highest BCUT2D eigenvalue weighted by atomic mass is 16.5. The molecule has 0 aromatic heterocycles. The van der Waals surface area contributed by atoms with Gasteiger partial charge in [-0.3, -0.25) is 4.79 Å². The highest BCUT2D eigenvalue weighted by molar-refractivity contribution is 5.77. The highest BCUT2D eigenvalue weighted by Gasteiger charge is 2.14. The normalized spacial score (nSPS) is 12.9. The fourth-order valence-corrected chi connectivity index (χ4v) is 2.49. The standard InChI is InChI=1S/C20H23NO3/c1-3-15(16-8-5-4-6-9-16)13-20(23)21-14-19(22)17-10-7-11-18(12-17)24-2/h3-12,15,19,22H,1,13-14H2,2H3,(H,21,23). The Morgan fingerprint density at radius 1 is 1.21 bits per heavy atom. The highest BCUT2D eigenvalue weighted by Crippen LogP contribution is 2.21. The summed E-state index contributed by atoms with van der Waals surface area (Å²) in [5, 5.41) is 13.0. The quantitative estimate of drug-likeness (QED) is 0.733. The van der Waals surface area contributed by atoms with E-state index in [0.717, 1.165) is 5.56 Å². The number of aliphatic hydroxyl groups excluding tert-OH is 1. The molecule has 2 aromatic rings. The number of hydrogen-bond acceptors (Lipinski definition) is 3. The summed E-state index contributed by atoms with van der Waals surface area (Å²) in [7, 11) is 1.58. The second kappa shape index (κ2) is 8.89. The monoisotopic (exact) mass is 325 g/mol. The molecule has 2 unspecified atom stereocenters. The molecule has 2 atom stereocenters. The van der Waals surface area contributed by atoms with Crippen LogP contribution in [-0.4, -0.2) is 24.7 Å². The van der Waals surface area contributed by atoms with Gasteiger partial charge in [0.2, 0.25) is 5.91 Å². The van der Waals surface area contributed by atoms with Crippen LogP contribution < -0.4 is 10.1 Å². The van der Waals surface area contributed by atoms with Crippen LogP contribution in [0.25, 0.3) is 0 Å². The van der Waals surface area contributed by atoms with E-state index >= 15 is 0 Å². The van der Waals surface area contributed by atoms with Gasteiger partial charge in [0, 0.05) is 18.9 Å².